The van der Waals surface area contributed by atoms with E-state index in [2.05, 4.69) is 41.4 Å². The monoisotopic (exact) mass is 380 g/mol. The molecule has 0 N–H and O–H groups in total. The van der Waals surface area contributed by atoms with Crippen LogP contribution in [0.15, 0.2) is 24.3 Å². The minimum absolute atomic E-state index is 0.168. The predicted molar refractivity (Wildman–Crippen MR) is 99.5 cm³/mol. The van der Waals surface area contributed by atoms with Crippen molar-refractivity contribution in [1.82, 2.24) is 0 Å². The van der Waals surface area contributed by atoms with Crippen LogP contribution in [0.1, 0.15) is 49.4 Å². The van der Waals surface area contributed by atoms with Gasteiger partial charge in [-0.1, -0.05) is 50.3 Å². The number of carbonyl (C=O) groups is 2. The van der Waals surface area contributed by atoms with Crippen LogP contribution in [0.3, 0.4) is 0 Å². The smallest absolute Gasteiger partial charge is 0.429 e. The van der Waals surface area contributed by atoms with Crippen molar-refractivity contribution in [2.45, 2.75) is 64.8 Å². The van der Waals surface area contributed by atoms with E-state index < -0.39 is 20.2 Å². The summed E-state index contributed by atoms with van der Waals surface area (Å²) in [5, 5.41) is 5.51. The molecule has 0 aromatic heterocycles. The van der Waals surface area contributed by atoms with Gasteiger partial charge in [0.05, 0.1) is 18.7 Å². The third-order valence-corrected chi connectivity index (χ3v) is 6.90. The molecule has 1 aliphatic rings. The lowest BCUT2D eigenvalue weighted by molar-refractivity contribution is -0.453. The maximum absolute atomic E-state index is 11.9. The fraction of sp³-hybridized carbons (Fsp3) is 0.579. The molecule has 0 spiro atoms. The Hall–Kier alpha value is -1.86. The molecule has 1 saturated carbocycles. The van der Waals surface area contributed by atoms with Crippen LogP contribution < -0.4 is 5.19 Å². The molecule has 1 aromatic rings. The Balaban J connectivity index is 1.70. The molecule has 0 amide bonds. The van der Waals surface area contributed by atoms with Gasteiger partial charge in [0.2, 0.25) is 0 Å². The van der Waals surface area contributed by atoms with Crippen LogP contribution in [0.2, 0.25) is 19.6 Å². The third-order valence-electron chi connectivity index (χ3n) is 4.83. The van der Waals surface area contributed by atoms with Gasteiger partial charge in [0.1, 0.15) is 6.10 Å². The fourth-order valence-electron chi connectivity index (χ4n) is 3.04. The van der Waals surface area contributed by atoms with Gasteiger partial charge in [0.25, 0.3) is 0 Å². The average molecular weight is 381 g/mol. The van der Waals surface area contributed by atoms with E-state index in [0.29, 0.717) is 11.5 Å². The number of benzene rings is 1. The lowest BCUT2D eigenvalue weighted by Crippen LogP contribution is -2.37. The Kier molecular flexibility index (Phi) is 7.22. The molecule has 0 atom stereocenters. The molecule has 1 aromatic carbocycles. The van der Waals surface area contributed by atoms with Crippen LogP contribution in [0.5, 0.6) is 0 Å². The van der Waals surface area contributed by atoms with Gasteiger partial charge in [0.15, 0.2) is 0 Å². The van der Waals surface area contributed by atoms with Crippen LogP contribution in [0, 0.1) is 5.92 Å². The van der Waals surface area contributed by atoms with Crippen LogP contribution in [-0.4, -0.2) is 26.3 Å². The highest BCUT2D eigenvalue weighted by Gasteiger charge is 2.24. The van der Waals surface area contributed by atoms with Crippen LogP contribution >= 0.6 is 0 Å². The second kappa shape index (κ2) is 9.18. The summed E-state index contributed by atoms with van der Waals surface area (Å²) in [6, 6.07) is 7.16. The molecule has 7 heteroatoms. The lowest BCUT2D eigenvalue weighted by Gasteiger charge is -2.26. The van der Waals surface area contributed by atoms with Gasteiger partial charge in [-0.2, -0.15) is 0 Å². The van der Waals surface area contributed by atoms with E-state index in [0.717, 1.165) is 32.1 Å². The summed E-state index contributed by atoms with van der Waals surface area (Å²) < 4.78 is 5.15. The predicted octanol–water partition coefficient (Wildman–Crippen LogP) is 4.36. The van der Waals surface area contributed by atoms with E-state index in [-0.39, 0.29) is 6.10 Å². The maximum Gasteiger partial charge on any atom is 0.543 e. The van der Waals surface area contributed by atoms with Crippen LogP contribution in [0.4, 0.5) is 4.79 Å². The zero-order valence-corrected chi connectivity index (χ0v) is 16.9. The molecule has 0 unspecified atom stereocenters. The summed E-state index contributed by atoms with van der Waals surface area (Å²) in [4.78, 5) is 32.3. The molecule has 1 fully saturated rings. The van der Waals surface area contributed by atoms with Gasteiger partial charge in [-0.15, -0.1) is 0 Å². The molecule has 6 nitrogen and oxygen atoms in total. The van der Waals surface area contributed by atoms with Gasteiger partial charge >= 0.3 is 12.1 Å². The van der Waals surface area contributed by atoms with Crippen molar-refractivity contribution in [3.63, 3.8) is 0 Å². The van der Waals surface area contributed by atoms with Crippen molar-refractivity contribution in [1.29, 1.82) is 0 Å². The Morgan fingerprint density at radius 1 is 1.00 bits per heavy atom. The number of hydrogen-bond donors (Lipinski definition) is 0. The van der Waals surface area contributed by atoms with Crippen molar-refractivity contribution in [3.8, 4) is 0 Å². The SMILES string of the molecule is CCC1CCC(OC(=O)OOOC(=O)c2ccc([Si](C)(C)C)cc2)CC1. The minimum Gasteiger partial charge on any atom is -0.429 e. The summed E-state index contributed by atoms with van der Waals surface area (Å²) in [6.07, 6.45) is 3.70. The summed E-state index contributed by atoms with van der Waals surface area (Å²) >= 11 is 0. The lowest BCUT2D eigenvalue weighted by atomic mass is 9.86. The van der Waals surface area contributed by atoms with Crippen LogP contribution in [0.25, 0.3) is 0 Å². The van der Waals surface area contributed by atoms with E-state index in [1.165, 1.54) is 5.19 Å². The number of rotatable bonds is 6. The van der Waals surface area contributed by atoms with Crippen molar-refractivity contribution < 1.29 is 29.1 Å². The molecule has 26 heavy (non-hydrogen) atoms. The number of carbonyl (C=O) groups excluding carboxylic acids is 2. The molecular weight excluding hydrogens is 352 g/mol. The molecule has 2 rings (SSSR count). The fourth-order valence-corrected chi connectivity index (χ4v) is 4.21. The molecule has 0 heterocycles. The Labute approximate surface area is 155 Å². The summed E-state index contributed by atoms with van der Waals surface area (Å²) in [7, 11) is -1.43. The topological polar surface area (TPSA) is 71.1 Å². The van der Waals surface area contributed by atoms with E-state index in [9.17, 15) is 9.59 Å². The van der Waals surface area contributed by atoms with Crippen molar-refractivity contribution in [3.05, 3.63) is 29.8 Å². The quantitative estimate of drug-likeness (QED) is 0.316. The van der Waals surface area contributed by atoms with Crippen molar-refractivity contribution in [2.24, 2.45) is 5.92 Å². The second-order valence-electron chi connectivity index (χ2n) is 7.77. The molecule has 0 aliphatic heterocycles. The van der Waals surface area contributed by atoms with E-state index in [1.807, 2.05) is 12.1 Å². The van der Waals surface area contributed by atoms with Gasteiger partial charge in [-0.3, -0.25) is 4.89 Å². The summed E-state index contributed by atoms with van der Waals surface area (Å²) in [5.41, 5.74) is 0.321. The van der Waals surface area contributed by atoms with Crippen LogP contribution in [-0.2, 0) is 19.6 Å². The van der Waals surface area contributed by atoms with E-state index in [1.54, 1.807) is 12.1 Å². The molecule has 144 valence electrons. The van der Waals surface area contributed by atoms with Crippen molar-refractivity contribution in [2.75, 3.05) is 0 Å². The molecule has 0 radical (unpaired) electrons. The number of ether oxygens (including phenoxy) is 1. The van der Waals surface area contributed by atoms with E-state index in [4.69, 9.17) is 4.74 Å². The molecule has 0 bridgehead atoms. The first-order valence-corrected chi connectivity index (χ1v) is 12.7. The third kappa shape index (κ3) is 6.14. The highest BCUT2D eigenvalue weighted by molar-refractivity contribution is 6.88. The zero-order valence-electron chi connectivity index (χ0n) is 15.9. The maximum atomic E-state index is 11.9. The van der Waals surface area contributed by atoms with Gasteiger partial charge in [0, 0.05) is 0 Å². The average Bonchev–Trinajstić information content (AvgIpc) is 2.61. The first-order chi connectivity index (χ1) is 12.3. The van der Waals surface area contributed by atoms with Gasteiger partial charge in [-0.25, -0.2) is 14.5 Å². The van der Waals surface area contributed by atoms with E-state index >= 15 is 0 Å². The van der Waals surface area contributed by atoms with Gasteiger partial charge < -0.3 is 4.74 Å². The molecule has 0 saturated heterocycles. The number of hydrogen-bond acceptors (Lipinski definition) is 6. The normalized spacial score (nSPS) is 20.3. The molecule has 1 aliphatic carbocycles. The largest absolute Gasteiger partial charge is 0.543 e. The Morgan fingerprint density at radius 2 is 1.62 bits per heavy atom. The summed E-state index contributed by atoms with van der Waals surface area (Å²) in [6.45, 7) is 8.83. The first-order valence-electron chi connectivity index (χ1n) is 9.16. The first kappa shape index (κ1) is 20.4. The molecular formula is C19H28O6Si. The Morgan fingerprint density at radius 3 is 2.15 bits per heavy atom. The standard InChI is InChI=1S/C19H28O6Si/c1-5-14-6-10-16(11-7-14)22-19(21)24-25-23-18(20)15-8-12-17(13-9-15)26(2,3)4/h8-9,12-14,16H,5-7,10-11H2,1-4H3. The second-order valence-corrected chi connectivity index (χ2v) is 12.8. The highest BCUT2D eigenvalue weighted by Crippen LogP contribution is 2.28. The minimum atomic E-state index is -1.43. The van der Waals surface area contributed by atoms with Gasteiger partial charge in [-0.05, 0) is 43.7 Å². The zero-order chi connectivity index (χ0) is 19.2. The summed E-state index contributed by atoms with van der Waals surface area (Å²) in [5.74, 6) is -0.0289. The Bertz CT molecular complexity index is 599. The highest BCUT2D eigenvalue weighted by atomic mass is 28.3. The van der Waals surface area contributed by atoms with Crippen molar-refractivity contribution >= 4 is 25.4 Å².